The van der Waals surface area contributed by atoms with E-state index < -0.39 is 10.0 Å². The summed E-state index contributed by atoms with van der Waals surface area (Å²) in [6, 6.07) is 13.3. The molecule has 0 saturated heterocycles. The van der Waals surface area contributed by atoms with Crippen LogP contribution < -0.4 is 10.0 Å². The van der Waals surface area contributed by atoms with Gasteiger partial charge in [-0.3, -0.25) is 4.79 Å². The van der Waals surface area contributed by atoms with Crippen molar-refractivity contribution < 1.29 is 13.2 Å². The van der Waals surface area contributed by atoms with E-state index in [0.29, 0.717) is 5.69 Å². The van der Waals surface area contributed by atoms with E-state index in [1.165, 1.54) is 12.1 Å². The largest absolute Gasteiger partial charge is 0.322 e. The first-order chi connectivity index (χ1) is 12.9. The van der Waals surface area contributed by atoms with Gasteiger partial charge < -0.3 is 5.32 Å². The highest BCUT2D eigenvalue weighted by atomic mass is 32.2. The molecule has 6 nitrogen and oxygen atoms in total. The average Bonchev–Trinajstić information content (AvgIpc) is 3.09. The predicted molar refractivity (Wildman–Crippen MR) is 108 cm³/mol. The normalized spacial score (nSPS) is 11.3. The highest BCUT2D eigenvalue weighted by molar-refractivity contribution is 7.89. The Labute approximate surface area is 162 Å². The summed E-state index contributed by atoms with van der Waals surface area (Å²) in [6.07, 6.45) is 0. The van der Waals surface area contributed by atoms with Gasteiger partial charge in [0.1, 0.15) is 0 Å². The molecule has 0 radical (unpaired) electrons. The van der Waals surface area contributed by atoms with Crippen molar-refractivity contribution in [2.45, 2.75) is 18.7 Å². The van der Waals surface area contributed by atoms with Crippen molar-refractivity contribution in [1.29, 1.82) is 0 Å². The van der Waals surface area contributed by atoms with Crippen LogP contribution in [0.3, 0.4) is 0 Å². The van der Waals surface area contributed by atoms with Gasteiger partial charge in [-0.05, 0) is 37.3 Å². The number of nitrogens with zero attached hydrogens (tertiary/aromatic N) is 1. The first kappa shape index (κ1) is 19.2. The van der Waals surface area contributed by atoms with Gasteiger partial charge in [-0.2, -0.15) is 0 Å². The van der Waals surface area contributed by atoms with Crippen LogP contribution in [0.1, 0.15) is 22.3 Å². The summed E-state index contributed by atoms with van der Waals surface area (Å²) < 4.78 is 26.6. The lowest BCUT2D eigenvalue weighted by molar-refractivity contribution is 0.102. The van der Waals surface area contributed by atoms with Crippen LogP contribution in [0.2, 0.25) is 0 Å². The Morgan fingerprint density at radius 2 is 1.89 bits per heavy atom. The second kappa shape index (κ2) is 7.99. The van der Waals surface area contributed by atoms with Gasteiger partial charge in [0.2, 0.25) is 10.0 Å². The zero-order valence-corrected chi connectivity index (χ0v) is 16.5. The van der Waals surface area contributed by atoms with Crippen molar-refractivity contribution in [3.8, 4) is 11.3 Å². The fourth-order valence-corrected chi connectivity index (χ4v) is 4.21. The van der Waals surface area contributed by atoms with Crippen LogP contribution in [-0.4, -0.2) is 25.9 Å². The van der Waals surface area contributed by atoms with Gasteiger partial charge in [0, 0.05) is 28.7 Å². The lowest BCUT2D eigenvalue weighted by Crippen LogP contribution is -2.23. The van der Waals surface area contributed by atoms with E-state index in [4.69, 9.17) is 0 Å². The number of hydrogen-bond donors (Lipinski definition) is 2. The molecule has 0 spiro atoms. The summed E-state index contributed by atoms with van der Waals surface area (Å²) in [4.78, 5) is 17.0. The lowest BCUT2D eigenvalue weighted by atomic mass is 10.1. The number of benzene rings is 2. The van der Waals surface area contributed by atoms with Gasteiger partial charge in [0.15, 0.2) is 0 Å². The molecule has 140 valence electrons. The molecule has 2 aromatic carbocycles. The third kappa shape index (κ3) is 4.60. The maximum Gasteiger partial charge on any atom is 0.255 e. The van der Waals surface area contributed by atoms with E-state index in [9.17, 15) is 13.2 Å². The van der Waals surface area contributed by atoms with E-state index in [1.54, 1.807) is 42.5 Å². The highest BCUT2D eigenvalue weighted by Gasteiger charge is 2.15. The molecular formula is C19H19N3O3S2. The molecular weight excluding hydrogens is 382 g/mol. The molecule has 1 aromatic heterocycles. The van der Waals surface area contributed by atoms with Crippen molar-refractivity contribution in [2.75, 3.05) is 11.9 Å². The van der Waals surface area contributed by atoms with Gasteiger partial charge >= 0.3 is 0 Å². The molecule has 1 amide bonds. The average molecular weight is 402 g/mol. The molecule has 27 heavy (non-hydrogen) atoms. The number of amides is 1. The van der Waals surface area contributed by atoms with Crippen molar-refractivity contribution in [1.82, 2.24) is 9.71 Å². The van der Waals surface area contributed by atoms with Crippen LogP contribution in [0.15, 0.2) is 58.8 Å². The molecule has 0 bridgehead atoms. The molecule has 8 heteroatoms. The third-order valence-electron chi connectivity index (χ3n) is 3.80. The monoisotopic (exact) mass is 401 g/mol. The smallest absolute Gasteiger partial charge is 0.255 e. The topological polar surface area (TPSA) is 88.2 Å². The number of anilines is 1. The molecule has 3 rings (SSSR count). The maximum absolute atomic E-state index is 12.5. The Balaban J connectivity index is 1.76. The first-order valence-electron chi connectivity index (χ1n) is 8.32. The number of aromatic nitrogens is 1. The Morgan fingerprint density at radius 3 is 2.52 bits per heavy atom. The Hall–Kier alpha value is -2.55. The maximum atomic E-state index is 12.5. The van der Waals surface area contributed by atoms with Gasteiger partial charge in [0.05, 0.1) is 15.6 Å². The number of nitrogens with one attached hydrogen (secondary N) is 2. The van der Waals surface area contributed by atoms with Crippen LogP contribution in [0.25, 0.3) is 11.3 Å². The number of rotatable bonds is 6. The second-order valence-electron chi connectivity index (χ2n) is 5.81. The zero-order chi connectivity index (χ0) is 19.4. The minimum absolute atomic E-state index is 0.0613. The third-order valence-corrected chi connectivity index (χ3v) is 6.12. The molecule has 0 aliphatic carbocycles. The minimum Gasteiger partial charge on any atom is -0.322 e. The number of hydrogen-bond acceptors (Lipinski definition) is 5. The molecule has 1 heterocycles. The molecule has 0 aliphatic rings. The lowest BCUT2D eigenvalue weighted by Gasteiger charge is -2.08. The van der Waals surface area contributed by atoms with Crippen molar-refractivity contribution in [3.63, 3.8) is 0 Å². The number of sulfonamides is 1. The van der Waals surface area contributed by atoms with Crippen molar-refractivity contribution in [3.05, 3.63) is 64.5 Å². The van der Waals surface area contributed by atoms with Crippen LogP contribution >= 0.6 is 11.3 Å². The fourth-order valence-electron chi connectivity index (χ4n) is 2.50. The Morgan fingerprint density at radius 1 is 1.15 bits per heavy atom. The van der Waals surface area contributed by atoms with E-state index in [-0.39, 0.29) is 22.9 Å². The van der Waals surface area contributed by atoms with E-state index in [1.807, 2.05) is 24.4 Å². The number of aryl methyl sites for hydroxylation is 1. The SMILES string of the molecule is CCNS(=O)(=O)c1cccc(C(=O)Nc2ccc(-c3csc(C)n3)cc2)c1. The summed E-state index contributed by atoms with van der Waals surface area (Å²) in [7, 11) is -3.61. The number of thiazole rings is 1. The molecule has 0 atom stereocenters. The first-order valence-corrected chi connectivity index (χ1v) is 10.7. The van der Waals surface area contributed by atoms with Crippen LogP contribution in [0.5, 0.6) is 0 Å². The number of carbonyl (C=O) groups excluding carboxylic acids is 1. The molecule has 0 saturated carbocycles. The van der Waals surface area contributed by atoms with Gasteiger partial charge in [-0.25, -0.2) is 18.1 Å². The summed E-state index contributed by atoms with van der Waals surface area (Å²) >= 11 is 1.58. The molecule has 2 N–H and O–H groups in total. The molecule has 0 fully saturated rings. The molecule has 0 unspecified atom stereocenters. The van der Waals surface area contributed by atoms with Crippen LogP contribution in [0, 0.1) is 6.92 Å². The van der Waals surface area contributed by atoms with Crippen molar-refractivity contribution >= 4 is 33.0 Å². The quantitative estimate of drug-likeness (QED) is 0.660. The molecule has 0 aliphatic heterocycles. The summed E-state index contributed by atoms with van der Waals surface area (Å²) in [5, 5.41) is 5.76. The number of carbonyl (C=O) groups is 1. The van der Waals surface area contributed by atoms with Crippen LogP contribution in [0.4, 0.5) is 5.69 Å². The van der Waals surface area contributed by atoms with Crippen molar-refractivity contribution in [2.24, 2.45) is 0 Å². The predicted octanol–water partition coefficient (Wildman–Crippen LogP) is 3.67. The van der Waals surface area contributed by atoms with Crippen LogP contribution in [-0.2, 0) is 10.0 Å². The van der Waals surface area contributed by atoms with Gasteiger partial charge in [-0.15, -0.1) is 11.3 Å². The Bertz CT molecular complexity index is 1060. The Kier molecular flexibility index (Phi) is 5.69. The zero-order valence-electron chi connectivity index (χ0n) is 14.9. The summed E-state index contributed by atoms with van der Waals surface area (Å²) in [5.74, 6) is -0.374. The van der Waals surface area contributed by atoms with E-state index in [2.05, 4.69) is 15.0 Å². The minimum atomic E-state index is -3.61. The standard InChI is InChI=1S/C19H19N3O3S2/c1-3-20-27(24,25)17-6-4-5-15(11-17)19(23)22-16-9-7-14(8-10-16)18-12-26-13(2)21-18/h4-12,20H,3H2,1-2H3,(H,22,23). The fraction of sp³-hybridized carbons (Fsp3) is 0.158. The summed E-state index contributed by atoms with van der Waals surface area (Å²) in [6.45, 7) is 3.93. The van der Waals surface area contributed by atoms with Gasteiger partial charge in [-0.1, -0.05) is 25.1 Å². The van der Waals surface area contributed by atoms with Gasteiger partial charge in [0.25, 0.3) is 5.91 Å². The summed E-state index contributed by atoms with van der Waals surface area (Å²) in [5.41, 5.74) is 2.76. The van der Waals surface area contributed by atoms with E-state index >= 15 is 0 Å². The molecule has 3 aromatic rings. The van der Waals surface area contributed by atoms with E-state index in [0.717, 1.165) is 16.3 Å². The highest BCUT2D eigenvalue weighted by Crippen LogP contribution is 2.23. The second-order valence-corrected chi connectivity index (χ2v) is 8.64.